The highest BCUT2D eigenvalue weighted by atomic mass is 16.1. The number of fused-ring (bicyclic) bond motifs is 1. The van der Waals surface area contributed by atoms with Crippen molar-refractivity contribution in [3.8, 4) is 11.1 Å². The second kappa shape index (κ2) is 6.65. The van der Waals surface area contributed by atoms with E-state index in [4.69, 9.17) is 0 Å². The molecule has 3 rings (SSSR count). The zero-order chi connectivity index (χ0) is 18.0. The first kappa shape index (κ1) is 16.5. The van der Waals surface area contributed by atoms with Crippen LogP contribution in [0.5, 0.6) is 0 Å². The molecular weight excluding hydrogens is 314 g/mol. The number of hydrogen-bond acceptors (Lipinski definition) is 3. The Labute approximate surface area is 145 Å². The molecule has 2 N–H and O–H groups in total. The molecule has 0 spiro atoms. The van der Waals surface area contributed by atoms with Crippen molar-refractivity contribution >= 4 is 28.1 Å². The Morgan fingerprint density at radius 3 is 2.52 bits per heavy atom. The van der Waals surface area contributed by atoms with Crippen LogP contribution in [0.3, 0.4) is 0 Å². The van der Waals surface area contributed by atoms with Crippen LogP contribution in [0.1, 0.15) is 0 Å². The molecule has 0 fully saturated rings. The first-order valence-electron chi connectivity index (χ1n) is 7.89. The summed E-state index contributed by atoms with van der Waals surface area (Å²) in [4.78, 5) is 24.0. The Balaban J connectivity index is 2.28. The van der Waals surface area contributed by atoms with E-state index in [-0.39, 0.29) is 11.5 Å². The Bertz CT molecular complexity index is 1030. The van der Waals surface area contributed by atoms with Gasteiger partial charge in [0.15, 0.2) is 0 Å². The summed E-state index contributed by atoms with van der Waals surface area (Å²) in [7, 11) is 3.58. The lowest BCUT2D eigenvalue weighted by molar-refractivity contribution is -0.111. The van der Waals surface area contributed by atoms with E-state index in [9.17, 15) is 9.59 Å². The lowest BCUT2D eigenvalue weighted by Crippen LogP contribution is -2.16. The number of pyridine rings is 1. The third kappa shape index (κ3) is 3.04. The topological polar surface area (TPSA) is 63.1 Å². The zero-order valence-electron chi connectivity index (χ0n) is 14.2. The maximum Gasteiger partial charge on any atom is 0.258 e. The molecule has 0 bridgehead atoms. The number of hydrogen-bond donors (Lipinski definition) is 2. The van der Waals surface area contributed by atoms with Gasteiger partial charge in [-0.1, -0.05) is 24.8 Å². The van der Waals surface area contributed by atoms with Crippen LogP contribution < -0.4 is 16.2 Å². The SMILES string of the molecule is C=CC(=O)Nc1ccc(NC)c(-c2cn(C)c(=O)c3ccccc23)c1. The van der Waals surface area contributed by atoms with E-state index >= 15 is 0 Å². The van der Waals surface area contributed by atoms with Gasteiger partial charge in [-0.25, -0.2) is 0 Å². The number of carbonyl (C=O) groups excluding carboxylic acids is 1. The van der Waals surface area contributed by atoms with Crippen LogP contribution in [0.2, 0.25) is 0 Å². The average molecular weight is 333 g/mol. The van der Waals surface area contributed by atoms with Gasteiger partial charge in [-0.05, 0) is 35.7 Å². The van der Waals surface area contributed by atoms with Crippen molar-refractivity contribution in [3.05, 3.63) is 71.7 Å². The van der Waals surface area contributed by atoms with Crippen LogP contribution >= 0.6 is 0 Å². The largest absolute Gasteiger partial charge is 0.388 e. The van der Waals surface area contributed by atoms with E-state index in [0.717, 1.165) is 22.2 Å². The second-order valence-corrected chi connectivity index (χ2v) is 5.71. The number of benzene rings is 2. The van der Waals surface area contributed by atoms with Crippen molar-refractivity contribution in [2.75, 3.05) is 17.7 Å². The molecule has 25 heavy (non-hydrogen) atoms. The maximum atomic E-state index is 12.4. The first-order chi connectivity index (χ1) is 12.0. The standard InChI is InChI=1S/C20H19N3O2/c1-4-19(24)22-13-9-10-18(21-2)16(11-13)17-12-23(3)20(25)15-8-6-5-7-14(15)17/h4-12,21H,1H2,2-3H3,(H,22,24). The van der Waals surface area contributed by atoms with Gasteiger partial charge in [0.25, 0.3) is 5.56 Å². The molecule has 0 aliphatic rings. The van der Waals surface area contributed by atoms with Crippen molar-refractivity contribution in [2.24, 2.45) is 7.05 Å². The van der Waals surface area contributed by atoms with Gasteiger partial charge in [0, 0.05) is 48.2 Å². The van der Waals surface area contributed by atoms with Crippen LogP contribution in [0.4, 0.5) is 11.4 Å². The van der Waals surface area contributed by atoms with E-state index in [2.05, 4.69) is 17.2 Å². The molecule has 2 aromatic carbocycles. The molecule has 0 radical (unpaired) electrons. The highest BCUT2D eigenvalue weighted by Gasteiger charge is 2.13. The lowest BCUT2D eigenvalue weighted by atomic mass is 9.98. The molecule has 1 aromatic heterocycles. The number of nitrogens with one attached hydrogen (secondary N) is 2. The maximum absolute atomic E-state index is 12.4. The first-order valence-corrected chi connectivity index (χ1v) is 7.89. The summed E-state index contributed by atoms with van der Waals surface area (Å²) in [5.41, 5.74) is 3.34. The summed E-state index contributed by atoms with van der Waals surface area (Å²) in [6.45, 7) is 3.47. The zero-order valence-corrected chi connectivity index (χ0v) is 14.2. The molecule has 0 atom stereocenters. The van der Waals surface area contributed by atoms with Gasteiger partial charge in [0.1, 0.15) is 0 Å². The molecule has 0 saturated heterocycles. The smallest absolute Gasteiger partial charge is 0.258 e. The molecule has 5 heteroatoms. The normalized spacial score (nSPS) is 10.5. The fourth-order valence-corrected chi connectivity index (χ4v) is 2.89. The number of rotatable bonds is 4. The van der Waals surface area contributed by atoms with Crippen molar-refractivity contribution in [3.63, 3.8) is 0 Å². The minimum absolute atomic E-state index is 0.0403. The molecule has 0 saturated carbocycles. The van der Waals surface area contributed by atoms with Gasteiger partial charge in [-0.2, -0.15) is 0 Å². The molecule has 0 aliphatic heterocycles. The van der Waals surface area contributed by atoms with Crippen LogP contribution in [0, 0.1) is 0 Å². The Hall–Kier alpha value is -3.34. The number of carbonyl (C=O) groups is 1. The summed E-state index contributed by atoms with van der Waals surface area (Å²) < 4.78 is 1.58. The van der Waals surface area contributed by atoms with Gasteiger partial charge < -0.3 is 15.2 Å². The van der Waals surface area contributed by atoms with E-state index in [1.165, 1.54) is 6.08 Å². The quantitative estimate of drug-likeness (QED) is 0.720. The van der Waals surface area contributed by atoms with Gasteiger partial charge in [-0.15, -0.1) is 0 Å². The van der Waals surface area contributed by atoms with Crippen molar-refractivity contribution < 1.29 is 4.79 Å². The molecule has 126 valence electrons. The fraction of sp³-hybridized carbons (Fsp3) is 0.100. The number of amides is 1. The average Bonchev–Trinajstić information content (AvgIpc) is 2.64. The molecule has 5 nitrogen and oxygen atoms in total. The van der Waals surface area contributed by atoms with Gasteiger partial charge in [-0.3, -0.25) is 9.59 Å². The van der Waals surface area contributed by atoms with Crippen molar-refractivity contribution in [2.45, 2.75) is 0 Å². The molecule has 3 aromatic rings. The predicted octanol–water partition coefficient (Wildman–Crippen LogP) is 3.37. The number of aromatic nitrogens is 1. The third-order valence-electron chi connectivity index (χ3n) is 4.12. The Kier molecular flexibility index (Phi) is 4.39. The van der Waals surface area contributed by atoms with Gasteiger partial charge in [0.2, 0.25) is 5.91 Å². The molecule has 1 amide bonds. The summed E-state index contributed by atoms with van der Waals surface area (Å²) in [5, 5.41) is 7.47. The minimum Gasteiger partial charge on any atom is -0.388 e. The highest BCUT2D eigenvalue weighted by molar-refractivity contribution is 6.02. The summed E-state index contributed by atoms with van der Waals surface area (Å²) in [5.74, 6) is -0.270. The van der Waals surface area contributed by atoms with Crippen LogP contribution in [-0.4, -0.2) is 17.5 Å². The van der Waals surface area contributed by atoms with Crippen LogP contribution in [0.15, 0.2) is 66.1 Å². The molecule has 0 unspecified atom stereocenters. The number of aryl methyl sites for hydroxylation is 1. The number of anilines is 2. The van der Waals surface area contributed by atoms with Gasteiger partial charge in [0.05, 0.1) is 0 Å². The molecular formula is C20H19N3O2. The van der Waals surface area contributed by atoms with Crippen LogP contribution in [0.25, 0.3) is 21.9 Å². The minimum atomic E-state index is -0.270. The summed E-state index contributed by atoms with van der Waals surface area (Å²) in [6.07, 6.45) is 3.05. The Morgan fingerprint density at radius 1 is 1.12 bits per heavy atom. The Morgan fingerprint density at radius 2 is 1.84 bits per heavy atom. The molecule has 0 aliphatic carbocycles. The van der Waals surface area contributed by atoms with E-state index < -0.39 is 0 Å². The monoisotopic (exact) mass is 333 g/mol. The third-order valence-corrected chi connectivity index (χ3v) is 4.12. The second-order valence-electron chi connectivity index (χ2n) is 5.71. The van der Waals surface area contributed by atoms with E-state index in [1.807, 2.05) is 55.7 Å². The van der Waals surface area contributed by atoms with E-state index in [1.54, 1.807) is 11.6 Å². The van der Waals surface area contributed by atoms with Crippen molar-refractivity contribution in [1.82, 2.24) is 4.57 Å². The van der Waals surface area contributed by atoms with Crippen LogP contribution in [-0.2, 0) is 11.8 Å². The fourth-order valence-electron chi connectivity index (χ4n) is 2.89. The van der Waals surface area contributed by atoms with Gasteiger partial charge >= 0.3 is 0 Å². The lowest BCUT2D eigenvalue weighted by Gasteiger charge is -2.15. The highest BCUT2D eigenvalue weighted by Crippen LogP contribution is 2.34. The van der Waals surface area contributed by atoms with E-state index in [0.29, 0.717) is 11.1 Å². The summed E-state index contributed by atoms with van der Waals surface area (Å²) >= 11 is 0. The molecule has 1 heterocycles. The summed E-state index contributed by atoms with van der Waals surface area (Å²) in [6, 6.07) is 13.1. The predicted molar refractivity (Wildman–Crippen MR) is 103 cm³/mol. The number of nitrogens with zero attached hydrogens (tertiary/aromatic N) is 1. The van der Waals surface area contributed by atoms with Crippen molar-refractivity contribution in [1.29, 1.82) is 0 Å².